The summed E-state index contributed by atoms with van der Waals surface area (Å²) < 4.78 is 1.73. The second kappa shape index (κ2) is 4.47. The van der Waals surface area contributed by atoms with Crippen molar-refractivity contribution in [2.75, 3.05) is 0 Å². The number of hydrogen-bond donors (Lipinski definition) is 1. The summed E-state index contributed by atoms with van der Waals surface area (Å²) in [4.78, 5) is 4.26. The molecule has 0 unspecified atom stereocenters. The lowest BCUT2D eigenvalue weighted by Gasteiger charge is -2.07. The SMILES string of the molecule is Clc1cnc(-n2cccn2)cc1CNC1CC1. The van der Waals surface area contributed by atoms with Gasteiger partial charge in [0, 0.05) is 31.2 Å². The summed E-state index contributed by atoms with van der Waals surface area (Å²) in [6, 6.07) is 4.52. The van der Waals surface area contributed by atoms with Gasteiger partial charge >= 0.3 is 0 Å². The molecule has 0 radical (unpaired) electrons. The fraction of sp³-hybridized carbons (Fsp3) is 0.333. The molecule has 1 aliphatic carbocycles. The zero-order valence-electron chi connectivity index (χ0n) is 9.31. The van der Waals surface area contributed by atoms with Crippen molar-refractivity contribution in [1.82, 2.24) is 20.1 Å². The van der Waals surface area contributed by atoms with Crippen molar-refractivity contribution in [2.24, 2.45) is 0 Å². The first-order chi connectivity index (χ1) is 8.33. The third-order valence-electron chi connectivity index (χ3n) is 2.82. The first kappa shape index (κ1) is 10.7. The van der Waals surface area contributed by atoms with Crippen LogP contribution in [0.1, 0.15) is 18.4 Å². The van der Waals surface area contributed by atoms with Crippen LogP contribution in [0.4, 0.5) is 0 Å². The first-order valence-corrected chi connectivity index (χ1v) is 6.08. The number of nitrogens with zero attached hydrogens (tertiary/aromatic N) is 3. The summed E-state index contributed by atoms with van der Waals surface area (Å²) >= 11 is 6.13. The maximum absolute atomic E-state index is 6.13. The van der Waals surface area contributed by atoms with E-state index in [4.69, 9.17) is 11.6 Å². The maximum atomic E-state index is 6.13. The summed E-state index contributed by atoms with van der Waals surface area (Å²) in [5.74, 6) is 0.798. The van der Waals surface area contributed by atoms with Gasteiger partial charge < -0.3 is 5.32 Å². The molecule has 88 valence electrons. The van der Waals surface area contributed by atoms with Gasteiger partial charge in [0.25, 0.3) is 0 Å². The van der Waals surface area contributed by atoms with Gasteiger partial charge in [-0.05, 0) is 30.5 Å². The highest BCUT2D eigenvalue weighted by Gasteiger charge is 2.20. The fourth-order valence-electron chi connectivity index (χ4n) is 1.67. The molecule has 0 atom stereocenters. The van der Waals surface area contributed by atoms with E-state index in [2.05, 4.69) is 15.4 Å². The smallest absolute Gasteiger partial charge is 0.153 e. The lowest BCUT2D eigenvalue weighted by atomic mass is 10.2. The van der Waals surface area contributed by atoms with Crippen LogP contribution in [0.15, 0.2) is 30.7 Å². The molecule has 1 saturated carbocycles. The van der Waals surface area contributed by atoms with Crippen LogP contribution in [-0.4, -0.2) is 20.8 Å². The predicted molar refractivity (Wildman–Crippen MR) is 66.2 cm³/mol. The molecule has 2 heterocycles. The Morgan fingerprint density at radius 1 is 1.47 bits per heavy atom. The minimum Gasteiger partial charge on any atom is -0.310 e. The summed E-state index contributed by atoms with van der Waals surface area (Å²) in [5, 5.41) is 8.30. The molecule has 0 aliphatic heterocycles. The van der Waals surface area contributed by atoms with E-state index in [1.165, 1.54) is 12.8 Å². The van der Waals surface area contributed by atoms with Gasteiger partial charge in [-0.25, -0.2) is 9.67 Å². The Labute approximate surface area is 105 Å². The van der Waals surface area contributed by atoms with Gasteiger partial charge in [-0.3, -0.25) is 0 Å². The van der Waals surface area contributed by atoms with Crippen LogP contribution in [0.3, 0.4) is 0 Å². The van der Waals surface area contributed by atoms with E-state index in [0.29, 0.717) is 11.1 Å². The van der Waals surface area contributed by atoms with E-state index in [1.54, 1.807) is 17.1 Å². The molecule has 1 aliphatic rings. The standard InChI is InChI=1S/C12H13ClN4/c13-11-8-15-12(17-5-1-4-16-17)6-9(11)7-14-10-2-3-10/h1,4-6,8,10,14H,2-3,7H2. The van der Waals surface area contributed by atoms with Gasteiger partial charge in [-0.2, -0.15) is 5.10 Å². The van der Waals surface area contributed by atoms with E-state index in [1.807, 2.05) is 18.3 Å². The van der Waals surface area contributed by atoms with Gasteiger partial charge in [0.15, 0.2) is 5.82 Å². The zero-order valence-corrected chi connectivity index (χ0v) is 10.1. The third-order valence-corrected chi connectivity index (χ3v) is 3.16. The largest absolute Gasteiger partial charge is 0.310 e. The monoisotopic (exact) mass is 248 g/mol. The van der Waals surface area contributed by atoms with Crippen molar-refractivity contribution in [2.45, 2.75) is 25.4 Å². The van der Waals surface area contributed by atoms with Crippen LogP contribution in [-0.2, 0) is 6.54 Å². The van der Waals surface area contributed by atoms with E-state index < -0.39 is 0 Å². The van der Waals surface area contributed by atoms with Crippen molar-refractivity contribution < 1.29 is 0 Å². The Balaban J connectivity index is 1.83. The minimum atomic E-state index is 0.674. The minimum absolute atomic E-state index is 0.674. The summed E-state index contributed by atoms with van der Waals surface area (Å²) in [7, 11) is 0. The Morgan fingerprint density at radius 3 is 3.06 bits per heavy atom. The van der Waals surface area contributed by atoms with E-state index in [0.717, 1.165) is 17.9 Å². The van der Waals surface area contributed by atoms with Gasteiger partial charge in [0.1, 0.15) is 0 Å². The molecule has 0 saturated heterocycles. The number of nitrogens with one attached hydrogen (secondary N) is 1. The predicted octanol–water partition coefficient (Wildman–Crippen LogP) is 2.17. The van der Waals surface area contributed by atoms with Crippen LogP contribution in [0.2, 0.25) is 5.02 Å². The van der Waals surface area contributed by atoms with Gasteiger partial charge in [-0.15, -0.1) is 0 Å². The van der Waals surface area contributed by atoms with Crippen molar-refractivity contribution in [3.05, 3.63) is 41.3 Å². The van der Waals surface area contributed by atoms with E-state index in [-0.39, 0.29) is 0 Å². The van der Waals surface area contributed by atoms with Gasteiger partial charge in [0.2, 0.25) is 0 Å². The molecule has 0 spiro atoms. The number of aromatic nitrogens is 3. The highest BCUT2D eigenvalue weighted by molar-refractivity contribution is 6.31. The maximum Gasteiger partial charge on any atom is 0.153 e. The number of halogens is 1. The van der Waals surface area contributed by atoms with Crippen LogP contribution < -0.4 is 5.32 Å². The first-order valence-electron chi connectivity index (χ1n) is 5.71. The summed E-state index contributed by atoms with van der Waals surface area (Å²) in [6.07, 6.45) is 7.83. The lowest BCUT2D eigenvalue weighted by molar-refractivity contribution is 0.685. The molecule has 0 bridgehead atoms. The van der Waals surface area contributed by atoms with Crippen LogP contribution in [0, 0.1) is 0 Å². The lowest BCUT2D eigenvalue weighted by Crippen LogP contribution is -2.16. The molecule has 0 amide bonds. The Kier molecular flexibility index (Phi) is 2.82. The molecule has 1 fully saturated rings. The zero-order chi connectivity index (χ0) is 11.7. The molecule has 1 N–H and O–H groups in total. The molecule has 4 nitrogen and oxygen atoms in total. The van der Waals surface area contributed by atoms with Crippen molar-refractivity contribution in [1.29, 1.82) is 0 Å². The number of hydrogen-bond acceptors (Lipinski definition) is 3. The second-order valence-corrected chi connectivity index (χ2v) is 4.65. The Bertz CT molecular complexity index is 505. The van der Waals surface area contributed by atoms with Gasteiger partial charge in [-0.1, -0.05) is 11.6 Å². The van der Waals surface area contributed by atoms with Crippen molar-refractivity contribution in [3.8, 4) is 5.82 Å². The quantitative estimate of drug-likeness (QED) is 0.902. The topological polar surface area (TPSA) is 42.7 Å². The Morgan fingerprint density at radius 2 is 2.35 bits per heavy atom. The van der Waals surface area contributed by atoms with E-state index >= 15 is 0 Å². The average Bonchev–Trinajstić information content (AvgIpc) is 3.00. The molecule has 17 heavy (non-hydrogen) atoms. The number of rotatable bonds is 4. The highest BCUT2D eigenvalue weighted by Crippen LogP contribution is 2.22. The van der Waals surface area contributed by atoms with E-state index in [9.17, 15) is 0 Å². The molecule has 2 aromatic heterocycles. The third kappa shape index (κ3) is 2.48. The molecule has 5 heteroatoms. The van der Waals surface area contributed by atoms with Gasteiger partial charge in [0.05, 0.1) is 5.02 Å². The normalized spacial score (nSPS) is 15.1. The molecular weight excluding hydrogens is 236 g/mol. The second-order valence-electron chi connectivity index (χ2n) is 4.24. The average molecular weight is 249 g/mol. The van der Waals surface area contributed by atoms with Crippen molar-refractivity contribution in [3.63, 3.8) is 0 Å². The van der Waals surface area contributed by atoms with Crippen LogP contribution in [0.25, 0.3) is 5.82 Å². The highest BCUT2D eigenvalue weighted by atomic mass is 35.5. The summed E-state index contributed by atoms with van der Waals surface area (Å²) in [5.41, 5.74) is 1.07. The van der Waals surface area contributed by atoms with Crippen LogP contribution in [0.5, 0.6) is 0 Å². The summed E-state index contributed by atoms with van der Waals surface area (Å²) in [6.45, 7) is 0.792. The molecular formula is C12H13ClN4. The van der Waals surface area contributed by atoms with Crippen LogP contribution >= 0.6 is 11.6 Å². The molecule has 0 aromatic carbocycles. The molecule has 2 aromatic rings. The Hall–Kier alpha value is -1.39. The number of pyridine rings is 1. The molecule has 3 rings (SSSR count). The fourth-order valence-corrected chi connectivity index (χ4v) is 1.84. The van der Waals surface area contributed by atoms with Crippen molar-refractivity contribution >= 4 is 11.6 Å².